The quantitative estimate of drug-likeness (QED) is 0.447. The zero-order valence-electron chi connectivity index (χ0n) is 13.0. The highest BCUT2D eigenvalue weighted by molar-refractivity contribution is 5.96. The van der Waals surface area contributed by atoms with Gasteiger partial charge < -0.3 is 14.8 Å². The Morgan fingerprint density at radius 2 is 1.91 bits per heavy atom. The van der Waals surface area contributed by atoms with E-state index in [1.165, 1.54) is 19.2 Å². The minimum absolute atomic E-state index is 0.207. The van der Waals surface area contributed by atoms with Crippen LogP contribution in [0, 0.1) is 13.8 Å². The van der Waals surface area contributed by atoms with Gasteiger partial charge in [0.15, 0.2) is 0 Å². The lowest BCUT2D eigenvalue weighted by Crippen LogP contribution is -2.03. The van der Waals surface area contributed by atoms with E-state index < -0.39 is 11.9 Å². The molecule has 23 heavy (non-hydrogen) atoms. The van der Waals surface area contributed by atoms with Crippen LogP contribution in [0.25, 0.3) is 0 Å². The summed E-state index contributed by atoms with van der Waals surface area (Å²) < 4.78 is 4.75. The Morgan fingerprint density at radius 3 is 2.48 bits per heavy atom. The van der Waals surface area contributed by atoms with Gasteiger partial charge in [-0.25, -0.2) is 9.59 Å². The van der Waals surface area contributed by atoms with Gasteiger partial charge in [0.25, 0.3) is 0 Å². The minimum atomic E-state index is -0.979. The van der Waals surface area contributed by atoms with Crippen molar-refractivity contribution in [2.75, 3.05) is 12.5 Å². The second-order valence-corrected chi connectivity index (χ2v) is 4.91. The number of carbonyl (C=O) groups is 2. The number of hydrogen-bond donors (Lipinski definition) is 3. The van der Waals surface area contributed by atoms with Crippen molar-refractivity contribution in [1.82, 2.24) is 4.98 Å². The highest BCUT2D eigenvalue weighted by Gasteiger charge is 2.17. The number of benzene rings is 1. The molecule has 1 aromatic heterocycles. The van der Waals surface area contributed by atoms with Crippen molar-refractivity contribution < 1.29 is 19.4 Å². The molecule has 7 nitrogen and oxygen atoms in total. The van der Waals surface area contributed by atoms with Crippen LogP contribution in [0.5, 0.6) is 0 Å². The predicted octanol–water partition coefficient (Wildman–Crippen LogP) is 2.56. The number of anilines is 1. The number of nitrogens with zero attached hydrogens (tertiary/aromatic N) is 1. The summed E-state index contributed by atoms with van der Waals surface area (Å²) in [5.41, 5.74) is 6.31. The van der Waals surface area contributed by atoms with Crippen LogP contribution >= 0.6 is 0 Å². The van der Waals surface area contributed by atoms with E-state index in [0.29, 0.717) is 22.6 Å². The number of carbonyl (C=O) groups excluding carboxylic acids is 1. The number of carboxylic acid groups (broad SMARTS) is 1. The van der Waals surface area contributed by atoms with Gasteiger partial charge in [-0.3, -0.25) is 5.43 Å². The van der Waals surface area contributed by atoms with Gasteiger partial charge in [-0.1, -0.05) is 0 Å². The van der Waals surface area contributed by atoms with Gasteiger partial charge in [-0.15, -0.1) is 0 Å². The molecule has 0 unspecified atom stereocenters. The van der Waals surface area contributed by atoms with Gasteiger partial charge in [0.1, 0.15) is 0 Å². The van der Waals surface area contributed by atoms with E-state index in [4.69, 9.17) is 9.84 Å². The van der Waals surface area contributed by atoms with Crippen LogP contribution in [0.2, 0.25) is 0 Å². The van der Waals surface area contributed by atoms with E-state index in [0.717, 1.165) is 5.56 Å². The SMILES string of the molecule is COC(=O)c1c(C)[nH]c(/C=N/Nc2ccc(C(=O)O)cc2)c1C. The van der Waals surface area contributed by atoms with E-state index in [9.17, 15) is 9.59 Å². The van der Waals surface area contributed by atoms with Gasteiger partial charge in [-0.2, -0.15) is 5.10 Å². The van der Waals surface area contributed by atoms with Gasteiger partial charge >= 0.3 is 11.9 Å². The summed E-state index contributed by atoms with van der Waals surface area (Å²) in [6.45, 7) is 3.59. The number of aryl methyl sites for hydroxylation is 1. The number of hydrazone groups is 1. The number of aromatic amines is 1. The largest absolute Gasteiger partial charge is 0.478 e. The molecule has 0 aliphatic heterocycles. The van der Waals surface area contributed by atoms with Crippen molar-refractivity contribution in [1.29, 1.82) is 0 Å². The fourth-order valence-electron chi connectivity index (χ4n) is 2.17. The molecular formula is C16H17N3O4. The molecule has 0 aliphatic rings. The summed E-state index contributed by atoms with van der Waals surface area (Å²) in [6.07, 6.45) is 1.56. The molecule has 0 saturated heterocycles. The van der Waals surface area contributed by atoms with Crippen LogP contribution in [0.15, 0.2) is 29.4 Å². The number of esters is 1. The zero-order valence-corrected chi connectivity index (χ0v) is 13.0. The maximum Gasteiger partial charge on any atom is 0.339 e. The van der Waals surface area contributed by atoms with Gasteiger partial charge in [-0.05, 0) is 43.7 Å². The van der Waals surface area contributed by atoms with Crippen LogP contribution in [0.1, 0.15) is 37.7 Å². The number of methoxy groups -OCH3 is 1. The second-order valence-electron chi connectivity index (χ2n) is 4.91. The first-order chi connectivity index (χ1) is 10.9. The molecule has 0 saturated carbocycles. The third kappa shape index (κ3) is 3.57. The fourth-order valence-corrected chi connectivity index (χ4v) is 2.17. The second kappa shape index (κ2) is 6.78. The van der Waals surface area contributed by atoms with Crippen molar-refractivity contribution in [2.45, 2.75) is 13.8 Å². The third-order valence-electron chi connectivity index (χ3n) is 3.38. The topological polar surface area (TPSA) is 104 Å². The van der Waals surface area contributed by atoms with Crippen molar-refractivity contribution in [2.24, 2.45) is 5.10 Å². The van der Waals surface area contributed by atoms with Crippen LogP contribution in [-0.2, 0) is 4.74 Å². The lowest BCUT2D eigenvalue weighted by Gasteiger charge is -2.01. The number of nitrogens with one attached hydrogen (secondary N) is 2. The molecule has 0 atom stereocenters. The summed E-state index contributed by atoms with van der Waals surface area (Å²) in [5.74, 6) is -1.37. The number of hydrogen-bond acceptors (Lipinski definition) is 5. The van der Waals surface area contributed by atoms with Crippen molar-refractivity contribution in [3.63, 3.8) is 0 Å². The average Bonchev–Trinajstić information content (AvgIpc) is 2.81. The Kier molecular flexibility index (Phi) is 4.80. The molecular weight excluding hydrogens is 298 g/mol. The Hall–Kier alpha value is -3.09. The molecule has 120 valence electrons. The maximum absolute atomic E-state index is 11.7. The number of rotatable bonds is 5. The van der Waals surface area contributed by atoms with Crippen LogP contribution < -0.4 is 5.43 Å². The maximum atomic E-state index is 11.7. The molecule has 0 bridgehead atoms. The summed E-state index contributed by atoms with van der Waals surface area (Å²) in [7, 11) is 1.34. The molecule has 2 aromatic rings. The highest BCUT2D eigenvalue weighted by Crippen LogP contribution is 2.17. The lowest BCUT2D eigenvalue weighted by atomic mass is 10.1. The Bertz CT molecular complexity index is 760. The smallest absolute Gasteiger partial charge is 0.339 e. The number of H-pyrrole nitrogens is 1. The number of ether oxygens (including phenoxy) is 1. The highest BCUT2D eigenvalue weighted by atomic mass is 16.5. The first kappa shape index (κ1) is 16.3. The normalized spacial score (nSPS) is 10.7. The lowest BCUT2D eigenvalue weighted by molar-refractivity contribution is 0.0598. The van der Waals surface area contributed by atoms with Gasteiger partial charge in [0, 0.05) is 5.69 Å². The Morgan fingerprint density at radius 1 is 1.26 bits per heavy atom. The van der Waals surface area contributed by atoms with E-state index in [2.05, 4.69) is 15.5 Å². The molecule has 0 aliphatic carbocycles. The van der Waals surface area contributed by atoms with Crippen LogP contribution in [-0.4, -0.2) is 35.4 Å². The molecule has 1 heterocycles. The van der Waals surface area contributed by atoms with E-state index in [1.807, 2.05) is 0 Å². The summed E-state index contributed by atoms with van der Waals surface area (Å²) in [4.78, 5) is 25.5. The predicted molar refractivity (Wildman–Crippen MR) is 86.2 cm³/mol. The number of aromatic nitrogens is 1. The molecule has 0 spiro atoms. The molecule has 3 N–H and O–H groups in total. The standard InChI is InChI=1S/C16H17N3O4/c1-9-13(18-10(2)14(9)16(22)23-3)8-17-19-12-6-4-11(5-7-12)15(20)21/h4-8,18-19H,1-3H3,(H,20,21)/b17-8+. The van der Waals surface area contributed by atoms with Crippen molar-refractivity contribution in [3.8, 4) is 0 Å². The van der Waals surface area contributed by atoms with E-state index >= 15 is 0 Å². The zero-order chi connectivity index (χ0) is 17.0. The molecule has 7 heteroatoms. The van der Waals surface area contributed by atoms with Crippen LogP contribution in [0.3, 0.4) is 0 Å². The minimum Gasteiger partial charge on any atom is -0.478 e. The van der Waals surface area contributed by atoms with Crippen molar-refractivity contribution in [3.05, 3.63) is 52.3 Å². The molecule has 0 radical (unpaired) electrons. The molecule has 0 fully saturated rings. The fraction of sp³-hybridized carbons (Fsp3) is 0.188. The first-order valence-corrected chi connectivity index (χ1v) is 6.84. The summed E-state index contributed by atoms with van der Waals surface area (Å²) >= 11 is 0. The molecule has 0 amide bonds. The summed E-state index contributed by atoms with van der Waals surface area (Å²) in [5, 5.41) is 12.9. The molecule has 1 aromatic carbocycles. The first-order valence-electron chi connectivity index (χ1n) is 6.84. The number of aromatic carboxylic acids is 1. The Balaban J connectivity index is 2.12. The van der Waals surface area contributed by atoms with Gasteiger partial charge in [0.2, 0.25) is 0 Å². The summed E-state index contributed by atoms with van der Waals surface area (Å²) in [6, 6.07) is 6.21. The molecule has 2 rings (SSSR count). The Labute approximate surface area is 133 Å². The monoisotopic (exact) mass is 315 g/mol. The average molecular weight is 315 g/mol. The van der Waals surface area contributed by atoms with E-state index in [-0.39, 0.29) is 5.56 Å². The number of carboxylic acids is 1. The van der Waals surface area contributed by atoms with Crippen molar-refractivity contribution >= 4 is 23.8 Å². The van der Waals surface area contributed by atoms with Gasteiger partial charge in [0.05, 0.1) is 35.8 Å². The third-order valence-corrected chi connectivity index (χ3v) is 3.38. The van der Waals surface area contributed by atoms with Crippen LogP contribution in [0.4, 0.5) is 5.69 Å². The van der Waals surface area contributed by atoms with E-state index in [1.54, 1.807) is 32.2 Å².